The number of hydrogen-bond acceptors (Lipinski definition) is 4. The molecule has 0 radical (unpaired) electrons. The van der Waals surface area contributed by atoms with Crippen LogP contribution in [0.25, 0.3) is 10.8 Å². The molecule has 0 fully saturated rings. The Morgan fingerprint density at radius 2 is 1.57 bits per heavy atom. The van der Waals surface area contributed by atoms with Gasteiger partial charge in [0, 0.05) is 18.0 Å². The number of hydrazone groups is 1. The van der Waals surface area contributed by atoms with Gasteiger partial charge >= 0.3 is 0 Å². The number of carbonyl (C=O) groups is 1. The number of amides is 1. The van der Waals surface area contributed by atoms with Crippen molar-refractivity contribution in [1.29, 1.82) is 0 Å². The minimum absolute atomic E-state index is 0.282. The zero-order chi connectivity index (χ0) is 19.2. The van der Waals surface area contributed by atoms with Crippen molar-refractivity contribution in [1.82, 2.24) is 10.4 Å². The van der Waals surface area contributed by atoms with E-state index in [0.717, 1.165) is 22.4 Å². The lowest BCUT2D eigenvalue weighted by atomic mass is 10.1. The average molecular weight is 367 g/mol. The van der Waals surface area contributed by atoms with Gasteiger partial charge in [-0.2, -0.15) is 5.10 Å². The normalized spacial score (nSPS) is 10.9. The molecule has 136 valence electrons. The van der Waals surface area contributed by atoms with Crippen molar-refractivity contribution in [2.75, 3.05) is 0 Å². The van der Waals surface area contributed by atoms with Crippen LogP contribution in [0, 0.1) is 0 Å². The van der Waals surface area contributed by atoms with E-state index in [1.54, 1.807) is 30.7 Å². The van der Waals surface area contributed by atoms with E-state index in [1.807, 2.05) is 54.6 Å². The number of ether oxygens (including phenoxy) is 1. The topological polar surface area (TPSA) is 63.6 Å². The van der Waals surface area contributed by atoms with Crippen LogP contribution in [-0.4, -0.2) is 17.1 Å². The minimum Gasteiger partial charge on any atom is -0.457 e. The molecule has 0 aliphatic rings. The van der Waals surface area contributed by atoms with E-state index in [1.165, 1.54) is 5.39 Å². The van der Waals surface area contributed by atoms with Crippen LogP contribution in [0.3, 0.4) is 0 Å². The first-order valence-electron chi connectivity index (χ1n) is 8.78. The van der Waals surface area contributed by atoms with Gasteiger partial charge in [-0.05, 0) is 64.9 Å². The van der Waals surface area contributed by atoms with Gasteiger partial charge in [-0.15, -0.1) is 0 Å². The summed E-state index contributed by atoms with van der Waals surface area (Å²) >= 11 is 0. The summed E-state index contributed by atoms with van der Waals surface area (Å²) in [6.45, 7) is 0. The summed E-state index contributed by atoms with van der Waals surface area (Å²) in [4.78, 5) is 15.8. The summed E-state index contributed by atoms with van der Waals surface area (Å²) in [7, 11) is 0. The predicted molar refractivity (Wildman–Crippen MR) is 110 cm³/mol. The van der Waals surface area contributed by atoms with E-state index < -0.39 is 0 Å². The van der Waals surface area contributed by atoms with Crippen molar-refractivity contribution in [3.05, 3.63) is 102 Å². The standard InChI is InChI=1S/C23H17N3O2/c27-23(19-11-13-24-14-12-19)26-25-16-17-5-8-21(9-6-17)28-22-10-7-18-3-1-2-4-20(18)15-22/h1-16H,(H,26,27)/b25-16-. The molecule has 0 bridgehead atoms. The third-order valence-electron chi connectivity index (χ3n) is 4.16. The number of fused-ring (bicyclic) bond motifs is 1. The average Bonchev–Trinajstić information content (AvgIpc) is 2.75. The van der Waals surface area contributed by atoms with Gasteiger partial charge in [-0.25, -0.2) is 5.43 Å². The molecule has 28 heavy (non-hydrogen) atoms. The van der Waals surface area contributed by atoms with Crippen LogP contribution in [0.4, 0.5) is 0 Å². The Labute approximate surface area is 162 Å². The van der Waals surface area contributed by atoms with Gasteiger partial charge in [0.05, 0.1) is 6.21 Å². The monoisotopic (exact) mass is 367 g/mol. The van der Waals surface area contributed by atoms with E-state index in [2.05, 4.69) is 27.6 Å². The van der Waals surface area contributed by atoms with Gasteiger partial charge in [0.1, 0.15) is 11.5 Å². The van der Waals surface area contributed by atoms with Gasteiger partial charge in [0.2, 0.25) is 0 Å². The molecule has 0 aliphatic carbocycles. The fourth-order valence-electron chi connectivity index (χ4n) is 2.72. The number of carbonyl (C=O) groups excluding carboxylic acids is 1. The molecule has 0 spiro atoms. The first-order valence-corrected chi connectivity index (χ1v) is 8.78. The van der Waals surface area contributed by atoms with Crippen LogP contribution in [0.2, 0.25) is 0 Å². The molecule has 0 saturated heterocycles. The fourth-order valence-corrected chi connectivity index (χ4v) is 2.72. The van der Waals surface area contributed by atoms with Crippen molar-refractivity contribution in [2.45, 2.75) is 0 Å². The zero-order valence-corrected chi connectivity index (χ0v) is 14.9. The maximum atomic E-state index is 11.9. The van der Waals surface area contributed by atoms with Crippen molar-refractivity contribution in [3.8, 4) is 11.5 Å². The fraction of sp³-hybridized carbons (Fsp3) is 0. The highest BCUT2D eigenvalue weighted by atomic mass is 16.5. The van der Waals surface area contributed by atoms with Crippen molar-refractivity contribution < 1.29 is 9.53 Å². The van der Waals surface area contributed by atoms with Crippen LogP contribution in [0.15, 0.2) is 96.4 Å². The first kappa shape index (κ1) is 17.4. The molecule has 1 N–H and O–H groups in total. The number of benzene rings is 3. The second-order valence-electron chi connectivity index (χ2n) is 6.12. The molecule has 5 nitrogen and oxygen atoms in total. The Kier molecular flexibility index (Phi) is 5.06. The molecule has 4 aromatic rings. The van der Waals surface area contributed by atoms with Crippen LogP contribution >= 0.6 is 0 Å². The van der Waals surface area contributed by atoms with Gasteiger partial charge in [0.25, 0.3) is 5.91 Å². The number of rotatable bonds is 5. The molecule has 1 amide bonds. The third kappa shape index (κ3) is 4.22. The SMILES string of the molecule is O=C(N/N=C\c1ccc(Oc2ccc3ccccc3c2)cc1)c1ccncc1. The second-order valence-corrected chi connectivity index (χ2v) is 6.12. The molecule has 0 atom stereocenters. The van der Waals surface area contributed by atoms with E-state index in [-0.39, 0.29) is 5.91 Å². The largest absolute Gasteiger partial charge is 0.457 e. The van der Waals surface area contributed by atoms with Gasteiger partial charge in [-0.3, -0.25) is 9.78 Å². The lowest BCUT2D eigenvalue weighted by Gasteiger charge is -2.07. The maximum absolute atomic E-state index is 11.9. The number of pyridine rings is 1. The highest BCUT2D eigenvalue weighted by Gasteiger charge is 2.02. The first-order chi connectivity index (χ1) is 13.8. The summed E-state index contributed by atoms with van der Waals surface area (Å²) in [5.74, 6) is 1.23. The van der Waals surface area contributed by atoms with E-state index in [4.69, 9.17) is 4.74 Å². The predicted octanol–water partition coefficient (Wildman–Crippen LogP) is 4.79. The Balaban J connectivity index is 1.38. The van der Waals surface area contributed by atoms with Crippen LogP contribution in [0.1, 0.15) is 15.9 Å². The summed E-state index contributed by atoms with van der Waals surface area (Å²) in [6.07, 6.45) is 4.71. The smallest absolute Gasteiger partial charge is 0.271 e. The second kappa shape index (κ2) is 8.14. The summed E-state index contributed by atoms with van der Waals surface area (Å²) in [5.41, 5.74) is 3.84. The molecular formula is C23H17N3O2. The highest BCUT2D eigenvalue weighted by Crippen LogP contribution is 2.25. The van der Waals surface area contributed by atoms with E-state index in [9.17, 15) is 4.79 Å². The Bertz CT molecular complexity index is 1120. The molecule has 3 aromatic carbocycles. The number of nitrogens with one attached hydrogen (secondary N) is 1. The lowest BCUT2D eigenvalue weighted by molar-refractivity contribution is 0.0955. The summed E-state index contributed by atoms with van der Waals surface area (Å²) in [6, 6.07) is 24.9. The molecule has 0 saturated carbocycles. The van der Waals surface area contributed by atoms with Crippen LogP contribution in [-0.2, 0) is 0 Å². The molecule has 1 aromatic heterocycles. The maximum Gasteiger partial charge on any atom is 0.271 e. The molecule has 4 rings (SSSR count). The third-order valence-corrected chi connectivity index (χ3v) is 4.16. The Morgan fingerprint density at radius 3 is 2.36 bits per heavy atom. The van der Waals surface area contributed by atoms with Crippen molar-refractivity contribution in [3.63, 3.8) is 0 Å². The molecule has 0 aliphatic heterocycles. The number of nitrogens with zero attached hydrogens (tertiary/aromatic N) is 2. The van der Waals surface area contributed by atoms with Crippen molar-refractivity contribution >= 4 is 22.9 Å². The van der Waals surface area contributed by atoms with Gasteiger partial charge < -0.3 is 4.74 Å². The zero-order valence-electron chi connectivity index (χ0n) is 14.9. The number of hydrogen-bond donors (Lipinski definition) is 1. The molecule has 5 heteroatoms. The van der Waals surface area contributed by atoms with E-state index in [0.29, 0.717) is 5.56 Å². The highest BCUT2D eigenvalue weighted by molar-refractivity contribution is 5.94. The van der Waals surface area contributed by atoms with Crippen LogP contribution < -0.4 is 10.2 Å². The summed E-state index contributed by atoms with van der Waals surface area (Å²) < 4.78 is 5.92. The molecular weight excluding hydrogens is 350 g/mol. The quantitative estimate of drug-likeness (QED) is 0.407. The van der Waals surface area contributed by atoms with E-state index >= 15 is 0 Å². The lowest BCUT2D eigenvalue weighted by Crippen LogP contribution is -2.17. The minimum atomic E-state index is -0.282. The molecule has 0 unspecified atom stereocenters. The van der Waals surface area contributed by atoms with Crippen LogP contribution in [0.5, 0.6) is 11.5 Å². The Morgan fingerprint density at radius 1 is 0.857 bits per heavy atom. The van der Waals surface area contributed by atoms with Crippen molar-refractivity contribution in [2.24, 2.45) is 5.10 Å². The Hall–Kier alpha value is -3.99. The number of aromatic nitrogens is 1. The van der Waals surface area contributed by atoms with Gasteiger partial charge in [0.15, 0.2) is 0 Å². The summed E-state index contributed by atoms with van der Waals surface area (Å²) in [5, 5.41) is 6.29. The molecule has 1 heterocycles. The van der Waals surface area contributed by atoms with Gasteiger partial charge in [-0.1, -0.05) is 30.3 Å².